The van der Waals surface area contributed by atoms with Crippen molar-refractivity contribution in [2.24, 2.45) is 0 Å². The Kier molecular flexibility index (Phi) is 20.3. The Morgan fingerprint density at radius 1 is 0.656 bits per heavy atom. The SMILES string of the molecule is C=C(C)C(=O)OC(C)N(CCC)CCC.C=C(C)C(=O)OC(C)N(CCCC)CCCC. The van der Waals surface area contributed by atoms with Gasteiger partial charge in [-0.2, -0.15) is 0 Å². The maximum Gasteiger partial charge on any atom is 0.334 e. The summed E-state index contributed by atoms with van der Waals surface area (Å²) in [5.41, 5.74) is 0.914. The summed E-state index contributed by atoms with van der Waals surface area (Å²) in [6.45, 7) is 26.8. The van der Waals surface area contributed by atoms with Gasteiger partial charge in [-0.05, 0) is 53.4 Å². The van der Waals surface area contributed by atoms with E-state index in [0.29, 0.717) is 11.1 Å². The highest BCUT2D eigenvalue weighted by Crippen LogP contribution is 2.08. The number of nitrogens with zero attached hydrogens (tertiary/aromatic N) is 2. The fourth-order valence-electron chi connectivity index (χ4n) is 2.91. The maximum atomic E-state index is 11.5. The fourth-order valence-corrected chi connectivity index (χ4v) is 2.91. The summed E-state index contributed by atoms with van der Waals surface area (Å²) in [4.78, 5) is 27.2. The van der Waals surface area contributed by atoms with Gasteiger partial charge in [0.05, 0.1) is 0 Å². The lowest BCUT2D eigenvalue weighted by Crippen LogP contribution is -2.38. The first-order valence-electron chi connectivity index (χ1n) is 12.3. The zero-order valence-electron chi connectivity index (χ0n) is 22.2. The first kappa shape index (κ1) is 32.5. The molecule has 0 aromatic rings. The molecule has 2 atom stereocenters. The molecule has 0 radical (unpaired) electrons. The monoisotopic (exact) mass is 454 g/mol. The number of carbonyl (C=O) groups is 2. The average molecular weight is 455 g/mol. The van der Waals surface area contributed by atoms with Crippen molar-refractivity contribution < 1.29 is 19.1 Å². The van der Waals surface area contributed by atoms with Gasteiger partial charge in [-0.25, -0.2) is 9.59 Å². The Hall–Kier alpha value is -1.66. The van der Waals surface area contributed by atoms with E-state index in [9.17, 15) is 9.59 Å². The molecule has 0 N–H and O–H groups in total. The van der Waals surface area contributed by atoms with Crippen LogP contribution >= 0.6 is 0 Å². The maximum absolute atomic E-state index is 11.5. The quantitative estimate of drug-likeness (QED) is 0.164. The highest BCUT2D eigenvalue weighted by molar-refractivity contribution is 5.87. The number of ether oxygens (including phenoxy) is 2. The molecule has 0 rings (SSSR count). The predicted octanol–water partition coefficient (Wildman–Crippen LogP) is 5.93. The van der Waals surface area contributed by atoms with E-state index in [-0.39, 0.29) is 24.4 Å². The summed E-state index contributed by atoms with van der Waals surface area (Å²) in [5.74, 6) is -0.602. The molecule has 32 heavy (non-hydrogen) atoms. The molecule has 0 amide bonds. The van der Waals surface area contributed by atoms with Crippen LogP contribution in [0.25, 0.3) is 0 Å². The van der Waals surface area contributed by atoms with Crippen molar-refractivity contribution >= 4 is 11.9 Å². The third-order valence-electron chi connectivity index (χ3n) is 4.90. The molecule has 0 aliphatic heterocycles. The minimum atomic E-state index is -0.306. The molecule has 2 unspecified atom stereocenters. The van der Waals surface area contributed by atoms with Gasteiger partial charge in [0.2, 0.25) is 0 Å². The molecule has 0 saturated carbocycles. The van der Waals surface area contributed by atoms with Crippen LogP contribution in [-0.4, -0.2) is 60.4 Å². The molecule has 0 heterocycles. The third-order valence-corrected chi connectivity index (χ3v) is 4.90. The van der Waals surface area contributed by atoms with Gasteiger partial charge in [0.1, 0.15) is 0 Å². The van der Waals surface area contributed by atoms with Crippen LogP contribution in [0.1, 0.15) is 93.9 Å². The Balaban J connectivity index is 0. The first-order chi connectivity index (χ1) is 15.0. The predicted molar refractivity (Wildman–Crippen MR) is 134 cm³/mol. The molecule has 0 fully saturated rings. The number of carbonyl (C=O) groups excluding carboxylic acids is 2. The van der Waals surface area contributed by atoms with Crippen molar-refractivity contribution in [2.75, 3.05) is 26.2 Å². The van der Waals surface area contributed by atoms with Crippen LogP contribution in [0.3, 0.4) is 0 Å². The molecule has 0 aromatic carbocycles. The molecule has 0 spiro atoms. The van der Waals surface area contributed by atoms with E-state index in [1.165, 1.54) is 0 Å². The van der Waals surface area contributed by atoms with E-state index in [0.717, 1.165) is 64.7 Å². The highest BCUT2D eigenvalue weighted by Gasteiger charge is 2.17. The lowest BCUT2D eigenvalue weighted by atomic mass is 10.2. The number of esters is 2. The normalized spacial score (nSPS) is 12.6. The Bertz CT molecular complexity index is 534. The van der Waals surface area contributed by atoms with Crippen LogP contribution in [0.5, 0.6) is 0 Å². The number of unbranched alkanes of at least 4 members (excludes halogenated alkanes) is 2. The molecule has 0 aromatic heterocycles. The fraction of sp³-hybridized carbons (Fsp3) is 0.769. The zero-order valence-corrected chi connectivity index (χ0v) is 22.2. The minimum absolute atomic E-state index is 0.155. The molecule has 0 aliphatic rings. The van der Waals surface area contributed by atoms with Gasteiger partial charge in [0.25, 0.3) is 0 Å². The molecular formula is C26H50N2O4. The van der Waals surface area contributed by atoms with Crippen LogP contribution < -0.4 is 0 Å². The van der Waals surface area contributed by atoms with E-state index < -0.39 is 0 Å². The lowest BCUT2D eigenvalue weighted by Gasteiger charge is -2.28. The van der Waals surface area contributed by atoms with Gasteiger partial charge in [-0.15, -0.1) is 0 Å². The van der Waals surface area contributed by atoms with Gasteiger partial charge in [0.15, 0.2) is 12.5 Å². The van der Waals surface area contributed by atoms with Crippen molar-refractivity contribution in [3.05, 3.63) is 24.3 Å². The Labute approximate surface area is 198 Å². The minimum Gasteiger partial charge on any atom is -0.443 e. The van der Waals surface area contributed by atoms with Gasteiger partial charge in [-0.1, -0.05) is 53.7 Å². The zero-order chi connectivity index (χ0) is 25.1. The van der Waals surface area contributed by atoms with Gasteiger partial charge in [-0.3, -0.25) is 9.80 Å². The van der Waals surface area contributed by atoms with Crippen LogP contribution in [0.2, 0.25) is 0 Å². The lowest BCUT2D eigenvalue weighted by molar-refractivity contribution is -0.153. The molecule has 6 nitrogen and oxygen atoms in total. The Morgan fingerprint density at radius 2 is 0.969 bits per heavy atom. The molecule has 188 valence electrons. The van der Waals surface area contributed by atoms with Crippen LogP contribution in [0.4, 0.5) is 0 Å². The van der Waals surface area contributed by atoms with Crippen molar-refractivity contribution in [2.45, 2.75) is 106 Å². The summed E-state index contributed by atoms with van der Waals surface area (Å²) in [6.07, 6.45) is 6.40. The molecule has 0 aliphatic carbocycles. The summed E-state index contributed by atoms with van der Waals surface area (Å²) in [7, 11) is 0. The Morgan fingerprint density at radius 3 is 1.22 bits per heavy atom. The van der Waals surface area contributed by atoms with E-state index in [2.05, 4.69) is 50.7 Å². The summed E-state index contributed by atoms with van der Waals surface area (Å²) < 4.78 is 10.6. The summed E-state index contributed by atoms with van der Waals surface area (Å²) in [5, 5.41) is 0. The average Bonchev–Trinajstić information content (AvgIpc) is 2.73. The smallest absolute Gasteiger partial charge is 0.334 e. The van der Waals surface area contributed by atoms with Crippen LogP contribution in [0.15, 0.2) is 24.3 Å². The molecular weight excluding hydrogens is 404 g/mol. The van der Waals surface area contributed by atoms with Crippen molar-refractivity contribution in [1.82, 2.24) is 9.80 Å². The number of hydrogen-bond donors (Lipinski definition) is 0. The van der Waals surface area contributed by atoms with E-state index in [4.69, 9.17) is 9.47 Å². The second-order valence-electron chi connectivity index (χ2n) is 8.35. The molecule has 6 heteroatoms. The summed E-state index contributed by atoms with van der Waals surface area (Å²) in [6, 6.07) is 0. The van der Waals surface area contributed by atoms with Crippen molar-refractivity contribution in [3.63, 3.8) is 0 Å². The largest absolute Gasteiger partial charge is 0.443 e. The first-order valence-corrected chi connectivity index (χ1v) is 12.3. The number of hydrogen-bond acceptors (Lipinski definition) is 6. The van der Waals surface area contributed by atoms with Crippen LogP contribution in [0, 0.1) is 0 Å². The highest BCUT2D eigenvalue weighted by atomic mass is 16.6. The van der Waals surface area contributed by atoms with Crippen molar-refractivity contribution in [3.8, 4) is 0 Å². The summed E-state index contributed by atoms with van der Waals surface area (Å²) >= 11 is 0. The second-order valence-corrected chi connectivity index (χ2v) is 8.35. The van der Waals surface area contributed by atoms with Crippen molar-refractivity contribution in [1.29, 1.82) is 0 Å². The van der Waals surface area contributed by atoms with E-state index >= 15 is 0 Å². The third kappa shape index (κ3) is 16.0. The molecule has 0 bridgehead atoms. The van der Waals surface area contributed by atoms with Gasteiger partial charge in [0, 0.05) is 37.3 Å². The molecule has 0 saturated heterocycles. The number of rotatable bonds is 16. The second kappa shape index (κ2) is 20.0. The van der Waals surface area contributed by atoms with E-state index in [1.54, 1.807) is 13.8 Å². The standard InChI is InChI=1S/C14H27NO2.C12H23NO2/c1-6-8-10-15(11-9-7-2)13(5)17-14(16)12(3)4;1-6-8-13(9-7-2)11(5)15-12(14)10(3)4/h13H,3,6-11H2,1-2,4-5H3;11H,3,6-9H2,1-2,4-5H3. The van der Waals surface area contributed by atoms with E-state index in [1.807, 2.05) is 13.8 Å². The van der Waals surface area contributed by atoms with Crippen LogP contribution in [-0.2, 0) is 19.1 Å². The van der Waals surface area contributed by atoms with Gasteiger partial charge < -0.3 is 9.47 Å². The topological polar surface area (TPSA) is 59.1 Å². The van der Waals surface area contributed by atoms with Gasteiger partial charge >= 0.3 is 11.9 Å².